The predicted molar refractivity (Wildman–Crippen MR) is 146 cm³/mol. The molecule has 37 heavy (non-hydrogen) atoms. The molecule has 1 aliphatic rings. The molecule has 1 unspecified atom stereocenters. The number of carbonyl (C=O) groups excluding carboxylic acids is 1. The smallest absolute Gasteiger partial charge is 0.338 e. The van der Waals surface area contributed by atoms with E-state index >= 15 is 0 Å². The zero-order valence-electron chi connectivity index (χ0n) is 20.4. The van der Waals surface area contributed by atoms with Gasteiger partial charge in [-0.05, 0) is 55.3 Å². The Hall–Kier alpha value is -3.33. The molecule has 0 fully saturated rings. The average molecular weight is 559 g/mol. The van der Waals surface area contributed by atoms with Gasteiger partial charge in [0.25, 0.3) is 5.56 Å². The summed E-state index contributed by atoms with van der Waals surface area (Å²) in [5, 5.41) is 0.803. The largest absolute Gasteiger partial charge is 0.493 e. The van der Waals surface area contributed by atoms with Crippen LogP contribution in [-0.2, 0) is 9.53 Å². The highest BCUT2D eigenvalue weighted by Gasteiger charge is 2.34. The first-order valence-electron chi connectivity index (χ1n) is 11.3. The van der Waals surface area contributed by atoms with Crippen molar-refractivity contribution in [3.05, 3.63) is 101 Å². The molecule has 4 rings (SSSR count). The highest BCUT2D eigenvalue weighted by molar-refractivity contribution is 7.07. The fourth-order valence-corrected chi connectivity index (χ4v) is 5.34. The van der Waals surface area contributed by atoms with Crippen LogP contribution in [0.2, 0.25) is 10.0 Å². The van der Waals surface area contributed by atoms with Crippen molar-refractivity contribution >= 4 is 46.6 Å². The number of thiazole rings is 1. The molecule has 0 saturated carbocycles. The van der Waals surface area contributed by atoms with Crippen LogP contribution in [0.25, 0.3) is 6.08 Å². The van der Waals surface area contributed by atoms with Gasteiger partial charge in [-0.25, -0.2) is 9.79 Å². The van der Waals surface area contributed by atoms with E-state index in [4.69, 9.17) is 37.4 Å². The second kappa shape index (κ2) is 11.4. The molecule has 7 nitrogen and oxygen atoms in total. The lowest BCUT2D eigenvalue weighted by Gasteiger charge is -2.25. The van der Waals surface area contributed by atoms with Gasteiger partial charge >= 0.3 is 5.97 Å². The number of methoxy groups -OCH3 is 1. The van der Waals surface area contributed by atoms with Crippen molar-refractivity contribution in [2.24, 2.45) is 4.99 Å². The number of allylic oxidation sites excluding steroid dienone is 1. The van der Waals surface area contributed by atoms with Gasteiger partial charge in [-0.3, -0.25) is 9.36 Å². The summed E-state index contributed by atoms with van der Waals surface area (Å²) in [4.78, 5) is 31.9. The quantitative estimate of drug-likeness (QED) is 0.296. The Morgan fingerprint density at radius 2 is 1.97 bits per heavy atom. The number of carbonyl (C=O) groups is 1. The zero-order chi connectivity index (χ0) is 26.7. The molecule has 0 aliphatic carbocycles. The van der Waals surface area contributed by atoms with Crippen LogP contribution < -0.4 is 24.4 Å². The Labute approximate surface area is 227 Å². The molecule has 0 saturated heterocycles. The van der Waals surface area contributed by atoms with Crippen molar-refractivity contribution < 1.29 is 19.0 Å². The van der Waals surface area contributed by atoms with Gasteiger partial charge in [0.15, 0.2) is 16.3 Å². The third-order valence-electron chi connectivity index (χ3n) is 5.62. The van der Waals surface area contributed by atoms with Crippen molar-refractivity contribution in [3.8, 4) is 11.5 Å². The Morgan fingerprint density at radius 3 is 2.65 bits per heavy atom. The first-order chi connectivity index (χ1) is 17.8. The van der Waals surface area contributed by atoms with Crippen LogP contribution in [0.5, 0.6) is 11.5 Å². The van der Waals surface area contributed by atoms with Crippen molar-refractivity contribution in [2.45, 2.75) is 19.9 Å². The van der Waals surface area contributed by atoms with Crippen LogP contribution in [0.3, 0.4) is 0 Å². The topological polar surface area (TPSA) is 79.1 Å². The van der Waals surface area contributed by atoms with Gasteiger partial charge in [0.1, 0.15) is 6.61 Å². The van der Waals surface area contributed by atoms with E-state index in [1.54, 1.807) is 62.4 Å². The molecular weight excluding hydrogens is 535 g/mol. The van der Waals surface area contributed by atoms with Gasteiger partial charge in [0.2, 0.25) is 0 Å². The summed E-state index contributed by atoms with van der Waals surface area (Å²) >= 11 is 13.4. The lowest BCUT2D eigenvalue weighted by atomic mass is 9.95. The third kappa shape index (κ3) is 5.37. The minimum absolute atomic E-state index is 0.182. The van der Waals surface area contributed by atoms with Gasteiger partial charge in [-0.2, -0.15) is 0 Å². The van der Waals surface area contributed by atoms with Crippen molar-refractivity contribution in [1.82, 2.24) is 4.57 Å². The highest BCUT2D eigenvalue weighted by atomic mass is 35.5. The monoisotopic (exact) mass is 558 g/mol. The molecule has 192 valence electrons. The Morgan fingerprint density at radius 1 is 1.19 bits per heavy atom. The summed E-state index contributed by atoms with van der Waals surface area (Å²) in [5.74, 6) is 0.421. The Balaban J connectivity index is 1.93. The molecule has 0 bridgehead atoms. The van der Waals surface area contributed by atoms with Gasteiger partial charge in [-0.1, -0.05) is 59.3 Å². The number of hydrogen-bond acceptors (Lipinski definition) is 7. The summed E-state index contributed by atoms with van der Waals surface area (Å²) in [6.45, 7) is 7.60. The molecule has 1 aliphatic heterocycles. The molecule has 0 radical (unpaired) electrons. The molecule has 2 aromatic carbocycles. The first-order valence-corrected chi connectivity index (χ1v) is 12.9. The number of halogens is 2. The van der Waals surface area contributed by atoms with Crippen LogP contribution >= 0.6 is 34.5 Å². The minimum atomic E-state index is -0.784. The van der Waals surface area contributed by atoms with E-state index < -0.39 is 12.0 Å². The Bertz CT molecular complexity index is 1590. The molecule has 3 aromatic rings. The van der Waals surface area contributed by atoms with Crippen LogP contribution in [-0.4, -0.2) is 30.9 Å². The Kier molecular flexibility index (Phi) is 8.22. The second-order valence-corrected chi connectivity index (χ2v) is 9.81. The molecule has 10 heteroatoms. The van der Waals surface area contributed by atoms with Gasteiger partial charge in [0, 0.05) is 0 Å². The molecule has 0 spiro atoms. The lowest BCUT2D eigenvalue weighted by molar-refractivity contribution is -0.139. The maximum Gasteiger partial charge on any atom is 0.338 e. The normalized spacial score (nSPS) is 15.2. The summed E-state index contributed by atoms with van der Waals surface area (Å²) in [6.07, 6.45) is 3.35. The zero-order valence-corrected chi connectivity index (χ0v) is 22.7. The number of rotatable bonds is 8. The van der Waals surface area contributed by atoms with E-state index in [0.29, 0.717) is 54.3 Å². The number of hydrogen-bond donors (Lipinski definition) is 0. The molecule has 0 N–H and O–H groups in total. The summed E-state index contributed by atoms with van der Waals surface area (Å²) in [5.41, 5.74) is 1.79. The van der Waals surface area contributed by atoms with Gasteiger partial charge < -0.3 is 14.2 Å². The number of ether oxygens (including phenoxy) is 3. The maximum atomic E-state index is 13.7. The van der Waals surface area contributed by atoms with Gasteiger partial charge in [0.05, 0.1) is 45.6 Å². The maximum absolute atomic E-state index is 13.7. The SMILES string of the molecule is C=CCOc1ccc(C2C(C(=O)OCC)=C(C)N=c3sc(=Cc4ccc(Cl)c(Cl)c4)c(=O)n32)cc1OC. The molecule has 0 amide bonds. The van der Waals surface area contributed by atoms with E-state index in [2.05, 4.69) is 11.6 Å². The highest BCUT2D eigenvalue weighted by Crippen LogP contribution is 2.36. The summed E-state index contributed by atoms with van der Waals surface area (Å²) < 4.78 is 18.5. The number of nitrogens with zero attached hydrogens (tertiary/aromatic N) is 2. The minimum Gasteiger partial charge on any atom is -0.493 e. The van der Waals surface area contributed by atoms with Crippen LogP contribution in [0.15, 0.2) is 70.1 Å². The number of benzene rings is 2. The van der Waals surface area contributed by atoms with Crippen LogP contribution in [0, 0.1) is 0 Å². The number of esters is 1. The van der Waals surface area contributed by atoms with Crippen molar-refractivity contribution in [2.75, 3.05) is 20.3 Å². The van der Waals surface area contributed by atoms with Crippen LogP contribution in [0.1, 0.15) is 31.0 Å². The van der Waals surface area contributed by atoms with Crippen molar-refractivity contribution in [3.63, 3.8) is 0 Å². The molecule has 1 atom stereocenters. The molecule has 2 heterocycles. The first kappa shape index (κ1) is 26.7. The van der Waals surface area contributed by atoms with E-state index in [1.165, 1.54) is 23.0 Å². The van der Waals surface area contributed by atoms with Crippen molar-refractivity contribution in [1.29, 1.82) is 0 Å². The number of aromatic nitrogens is 1. The van der Waals surface area contributed by atoms with Crippen LogP contribution in [0.4, 0.5) is 0 Å². The fraction of sp³-hybridized carbons (Fsp3) is 0.222. The fourth-order valence-electron chi connectivity index (χ4n) is 3.98. The standard InChI is InChI=1S/C27H24Cl2N2O5S/c1-5-11-36-20-10-8-17(14-21(20)34-4)24-23(26(33)35-6-2)15(3)30-27-31(24)25(32)22(37-27)13-16-7-9-18(28)19(29)12-16/h5,7-10,12-14,24H,1,6,11H2,2-4H3. The summed E-state index contributed by atoms with van der Waals surface area (Å²) in [6, 6.07) is 9.61. The number of fused-ring (bicyclic) bond motifs is 1. The lowest BCUT2D eigenvalue weighted by Crippen LogP contribution is -2.40. The third-order valence-corrected chi connectivity index (χ3v) is 7.34. The van der Waals surface area contributed by atoms with E-state index in [-0.39, 0.29) is 17.7 Å². The van der Waals surface area contributed by atoms with E-state index in [9.17, 15) is 9.59 Å². The molecule has 1 aromatic heterocycles. The van der Waals surface area contributed by atoms with Gasteiger partial charge in [-0.15, -0.1) is 0 Å². The second-order valence-electron chi connectivity index (χ2n) is 7.99. The molecular formula is C27H24Cl2N2O5S. The summed E-state index contributed by atoms with van der Waals surface area (Å²) in [7, 11) is 1.52. The van der Waals surface area contributed by atoms with E-state index in [0.717, 1.165) is 0 Å². The average Bonchev–Trinajstić information content (AvgIpc) is 3.18. The van der Waals surface area contributed by atoms with E-state index in [1.807, 2.05) is 0 Å². The predicted octanol–water partition coefficient (Wildman–Crippen LogP) is 4.68.